The summed E-state index contributed by atoms with van der Waals surface area (Å²) in [6.45, 7) is 7.64. The molecule has 152 valence electrons. The van der Waals surface area contributed by atoms with Crippen LogP contribution >= 0.6 is 0 Å². The smallest absolute Gasteiger partial charge is 0.241 e. The molecule has 2 rings (SSSR count). The van der Waals surface area contributed by atoms with Gasteiger partial charge in [-0.25, -0.2) is 8.42 Å². The van der Waals surface area contributed by atoms with Crippen molar-refractivity contribution in [3.05, 3.63) is 58.7 Å². The van der Waals surface area contributed by atoms with Crippen LogP contribution in [-0.4, -0.2) is 34.2 Å². The minimum atomic E-state index is -3.67. The average Bonchev–Trinajstić information content (AvgIpc) is 2.61. The van der Waals surface area contributed by atoms with Crippen LogP contribution in [0.5, 0.6) is 5.75 Å². The number of hydrogen-bond donors (Lipinski definition) is 1. The van der Waals surface area contributed by atoms with Gasteiger partial charge in [-0.15, -0.1) is 0 Å². The first-order valence-corrected chi connectivity index (χ1v) is 10.9. The van der Waals surface area contributed by atoms with Crippen LogP contribution in [0.1, 0.15) is 35.2 Å². The lowest BCUT2D eigenvalue weighted by molar-refractivity contribution is -0.120. The highest BCUT2D eigenvalue weighted by Gasteiger charge is 2.24. The molecule has 1 unspecified atom stereocenters. The first-order chi connectivity index (χ1) is 13.0. The number of sulfonamides is 1. The molecule has 0 heterocycles. The molecule has 28 heavy (non-hydrogen) atoms. The summed E-state index contributed by atoms with van der Waals surface area (Å²) in [6, 6.07) is 10.6. The van der Waals surface area contributed by atoms with Crippen LogP contribution in [0.2, 0.25) is 0 Å². The fourth-order valence-electron chi connectivity index (χ4n) is 3.16. The number of rotatable bonds is 7. The van der Waals surface area contributed by atoms with E-state index in [-0.39, 0.29) is 18.5 Å². The van der Waals surface area contributed by atoms with Crippen molar-refractivity contribution < 1.29 is 17.9 Å². The summed E-state index contributed by atoms with van der Waals surface area (Å²) in [5.74, 6) is 0.000219. The molecule has 2 aromatic carbocycles. The molecule has 2 aromatic rings. The maximum Gasteiger partial charge on any atom is 0.241 e. The van der Waals surface area contributed by atoms with Gasteiger partial charge in [0.15, 0.2) is 0 Å². The van der Waals surface area contributed by atoms with Gasteiger partial charge in [-0.05, 0) is 62.1 Å². The number of amides is 1. The van der Waals surface area contributed by atoms with Crippen LogP contribution in [0.15, 0.2) is 36.4 Å². The van der Waals surface area contributed by atoms with Gasteiger partial charge in [0.1, 0.15) is 12.3 Å². The number of para-hydroxylation sites is 2. The van der Waals surface area contributed by atoms with Gasteiger partial charge in [-0.3, -0.25) is 9.10 Å². The third kappa shape index (κ3) is 5.04. The van der Waals surface area contributed by atoms with E-state index in [4.69, 9.17) is 4.74 Å². The summed E-state index contributed by atoms with van der Waals surface area (Å²) in [5, 5.41) is 2.91. The summed E-state index contributed by atoms with van der Waals surface area (Å²) < 4.78 is 30.9. The Morgan fingerprint density at radius 1 is 1.11 bits per heavy atom. The lowest BCUT2D eigenvalue weighted by Crippen LogP contribution is -2.41. The molecule has 1 N–H and O–H groups in total. The number of methoxy groups -OCH3 is 1. The number of anilines is 1. The van der Waals surface area contributed by atoms with Crippen molar-refractivity contribution in [1.82, 2.24) is 5.32 Å². The maximum absolute atomic E-state index is 12.7. The van der Waals surface area contributed by atoms with E-state index in [0.717, 1.165) is 27.3 Å². The predicted molar refractivity (Wildman–Crippen MR) is 112 cm³/mol. The second-order valence-corrected chi connectivity index (χ2v) is 8.93. The molecular weight excluding hydrogens is 376 g/mol. The molecular formula is C21H28N2O4S. The van der Waals surface area contributed by atoms with Crippen molar-refractivity contribution in [2.45, 2.75) is 33.7 Å². The van der Waals surface area contributed by atoms with Crippen molar-refractivity contribution in [3.8, 4) is 5.75 Å². The Labute approximate surface area is 167 Å². The number of benzene rings is 2. The second-order valence-electron chi connectivity index (χ2n) is 7.02. The molecule has 1 amide bonds. The summed E-state index contributed by atoms with van der Waals surface area (Å²) in [6.07, 6.45) is 1.07. The molecule has 0 aliphatic carbocycles. The zero-order chi connectivity index (χ0) is 21.1. The normalized spacial score (nSPS) is 12.4. The second kappa shape index (κ2) is 8.65. The number of nitrogens with zero attached hydrogens (tertiary/aromatic N) is 1. The van der Waals surface area contributed by atoms with Gasteiger partial charge in [0.05, 0.1) is 25.1 Å². The molecule has 0 saturated heterocycles. The van der Waals surface area contributed by atoms with Crippen molar-refractivity contribution in [3.63, 3.8) is 0 Å². The zero-order valence-electron chi connectivity index (χ0n) is 17.2. The molecule has 0 aromatic heterocycles. The Morgan fingerprint density at radius 2 is 1.71 bits per heavy atom. The van der Waals surface area contributed by atoms with E-state index >= 15 is 0 Å². The Bertz CT molecular complexity index is 970. The van der Waals surface area contributed by atoms with Gasteiger partial charge in [0.2, 0.25) is 15.9 Å². The summed E-state index contributed by atoms with van der Waals surface area (Å²) in [5.41, 5.74) is 4.77. The number of carbonyl (C=O) groups excluding carboxylic acids is 1. The fraction of sp³-hybridized carbons (Fsp3) is 0.381. The van der Waals surface area contributed by atoms with E-state index in [1.54, 1.807) is 24.3 Å². The molecule has 0 aliphatic heterocycles. The Morgan fingerprint density at radius 3 is 2.32 bits per heavy atom. The van der Waals surface area contributed by atoms with Gasteiger partial charge in [0.25, 0.3) is 0 Å². The first-order valence-electron chi connectivity index (χ1n) is 9.02. The summed E-state index contributed by atoms with van der Waals surface area (Å²) in [4.78, 5) is 12.7. The van der Waals surface area contributed by atoms with Crippen molar-refractivity contribution in [2.75, 3.05) is 24.2 Å². The van der Waals surface area contributed by atoms with Crippen molar-refractivity contribution in [1.29, 1.82) is 0 Å². The lowest BCUT2D eigenvalue weighted by Gasteiger charge is -2.25. The standard InChI is InChI=1S/C21H28N2O4S/c1-14-11-16(3)18(12-15(14)2)17(4)22-21(24)13-23(28(6,25)26)19-9-7-8-10-20(19)27-5/h7-12,17H,13H2,1-6H3,(H,22,24). The third-order valence-electron chi connectivity index (χ3n) is 4.77. The number of aryl methyl sites for hydroxylation is 3. The lowest BCUT2D eigenvalue weighted by atomic mass is 9.96. The minimum absolute atomic E-state index is 0.245. The molecule has 0 aliphatic rings. The van der Waals surface area contributed by atoms with Gasteiger partial charge >= 0.3 is 0 Å². The van der Waals surface area contributed by atoms with E-state index < -0.39 is 10.0 Å². The number of hydrogen-bond acceptors (Lipinski definition) is 4. The molecule has 7 heteroatoms. The highest BCUT2D eigenvalue weighted by atomic mass is 32.2. The average molecular weight is 405 g/mol. The van der Waals surface area contributed by atoms with Crippen LogP contribution in [0.4, 0.5) is 5.69 Å². The number of ether oxygens (including phenoxy) is 1. The molecule has 0 radical (unpaired) electrons. The van der Waals surface area contributed by atoms with Crippen LogP contribution in [-0.2, 0) is 14.8 Å². The molecule has 0 bridgehead atoms. The van der Waals surface area contributed by atoms with Crippen LogP contribution < -0.4 is 14.4 Å². The van der Waals surface area contributed by atoms with Crippen molar-refractivity contribution >= 4 is 21.6 Å². The highest BCUT2D eigenvalue weighted by molar-refractivity contribution is 7.92. The molecule has 0 fully saturated rings. The quantitative estimate of drug-likeness (QED) is 0.769. The van der Waals surface area contributed by atoms with E-state index in [1.807, 2.05) is 27.7 Å². The van der Waals surface area contributed by atoms with Gasteiger partial charge in [-0.1, -0.05) is 24.3 Å². The molecule has 0 saturated carbocycles. The maximum atomic E-state index is 12.7. The SMILES string of the molecule is COc1ccccc1N(CC(=O)NC(C)c1cc(C)c(C)cc1C)S(C)(=O)=O. The Kier molecular flexibility index (Phi) is 6.72. The predicted octanol–water partition coefficient (Wildman–Crippen LogP) is 3.26. The first kappa shape index (κ1) is 21.8. The van der Waals surface area contributed by atoms with Crippen LogP contribution in [0, 0.1) is 20.8 Å². The number of nitrogens with one attached hydrogen (secondary N) is 1. The van der Waals surface area contributed by atoms with Gasteiger partial charge in [0, 0.05) is 0 Å². The van der Waals surface area contributed by atoms with Gasteiger partial charge < -0.3 is 10.1 Å². The number of carbonyl (C=O) groups is 1. The monoisotopic (exact) mass is 404 g/mol. The van der Waals surface area contributed by atoms with E-state index in [2.05, 4.69) is 17.4 Å². The highest BCUT2D eigenvalue weighted by Crippen LogP contribution is 2.29. The Balaban J connectivity index is 2.24. The third-order valence-corrected chi connectivity index (χ3v) is 5.89. The summed E-state index contributed by atoms with van der Waals surface area (Å²) >= 11 is 0. The fourth-order valence-corrected chi connectivity index (χ4v) is 4.02. The van der Waals surface area contributed by atoms with Crippen molar-refractivity contribution in [2.24, 2.45) is 0 Å². The Hall–Kier alpha value is -2.54. The van der Waals surface area contributed by atoms with E-state index in [0.29, 0.717) is 11.4 Å². The summed E-state index contributed by atoms with van der Waals surface area (Å²) in [7, 11) is -2.21. The van der Waals surface area contributed by atoms with Crippen LogP contribution in [0.25, 0.3) is 0 Å². The van der Waals surface area contributed by atoms with Gasteiger partial charge in [-0.2, -0.15) is 0 Å². The molecule has 6 nitrogen and oxygen atoms in total. The zero-order valence-corrected chi connectivity index (χ0v) is 18.1. The topological polar surface area (TPSA) is 75.7 Å². The van der Waals surface area contributed by atoms with Crippen LogP contribution in [0.3, 0.4) is 0 Å². The molecule has 1 atom stereocenters. The van der Waals surface area contributed by atoms with E-state index in [9.17, 15) is 13.2 Å². The van der Waals surface area contributed by atoms with E-state index in [1.165, 1.54) is 12.7 Å². The molecule has 0 spiro atoms. The largest absolute Gasteiger partial charge is 0.495 e. The minimum Gasteiger partial charge on any atom is -0.495 e.